The molecule has 2 aromatic rings. The van der Waals surface area contributed by atoms with E-state index >= 15 is 0 Å². The van der Waals surface area contributed by atoms with Gasteiger partial charge in [-0.2, -0.15) is 0 Å². The number of aromatic nitrogens is 1. The summed E-state index contributed by atoms with van der Waals surface area (Å²) in [5.74, 6) is 2.66. The molecule has 0 amide bonds. The molecule has 1 aromatic carbocycles. The summed E-state index contributed by atoms with van der Waals surface area (Å²) in [5.41, 5.74) is 3.18. The average molecular weight is 366 g/mol. The number of benzene rings is 1. The highest BCUT2D eigenvalue weighted by atomic mass is 16.5. The van der Waals surface area contributed by atoms with Crippen LogP contribution < -0.4 is 9.47 Å². The Morgan fingerprint density at radius 2 is 1.89 bits per heavy atom. The molecule has 6 nitrogen and oxygen atoms in total. The fourth-order valence-electron chi connectivity index (χ4n) is 3.09. The van der Waals surface area contributed by atoms with Crippen molar-refractivity contribution in [3.8, 4) is 11.5 Å². The third-order valence-electron chi connectivity index (χ3n) is 4.64. The van der Waals surface area contributed by atoms with E-state index < -0.39 is 0 Å². The lowest BCUT2D eigenvalue weighted by atomic mass is 10.1. The molecule has 0 radical (unpaired) electrons. The Hall–Kier alpha value is -3.02. The molecule has 2 heterocycles. The highest BCUT2D eigenvalue weighted by molar-refractivity contribution is 5.88. The van der Waals surface area contributed by atoms with Crippen molar-refractivity contribution in [2.24, 2.45) is 4.99 Å². The Labute approximate surface area is 160 Å². The molecule has 1 aliphatic heterocycles. The minimum atomic E-state index is 0.816. The summed E-state index contributed by atoms with van der Waals surface area (Å²) < 4.78 is 10.8. The summed E-state index contributed by atoms with van der Waals surface area (Å²) in [5, 5.41) is 0. The first-order valence-electron chi connectivity index (χ1n) is 8.94. The van der Waals surface area contributed by atoms with Gasteiger partial charge in [0.15, 0.2) is 0 Å². The number of hydrogen-bond donors (Lipinski definition) is 0. The summed E-state index contributed by atoms with van der Waals surface area (Å²) in [6.07, 6.45) is 6.56. The molecule has 0 bridgehead atoms. The zero-order valence-electron chi connectivity index (χ0n) is 16.3. The number of pyridine rings is 1. The fourth-order valence-corrected chi connectivity index (χ4v) is 3.09. The van der Waals surface area contributed by atoms with Crippen molar-refractivity contribution in [3.05, 3.63) is 59.9 Å². The van der Waals surface area contributed by atoms with Gasteiger partial charge in [0.25, 0.3) is 0 Å². The number of hydrogen-bond acceptors (Lipinski definition) is 6. The van der Waals surface area contributed by atoms with Crippen molar-refractivity contribution in [2.75, 3.05) is 41.4 Å². The second-order valence-corrected chi connectivity index (χ2v) is 6.47. The summed E-state index contributed by atoms with van der Waals surface area (Å²) in [4.78, 5) is 13.3. The molecule has 1 aromatic heterocycles. The largest absolute Gasteiger partial charge is 0.497 e. The van der Waals surface area contributed by atoms with Crippen molar-refractivity contribution in [2.45, 2.75) is 6.42 Å². The van der Waals surface area contributed by atoms with Gasteiger partial charge < -0.3 is 19.3 Å². The van der Waals surface area contributed by atoms with Gasteiger partial charge in [-0.3, -0.25) is 4.98 Å². The van der Waals surface area contributed by atoms with Gasteiger partial charge in [-0.15, -0.1) is 0 Å². The van der Waals surface area contributed by atoms with Crippen LogP contribution in [0.5, 0.6) is 11.5 Å². The SMILES string of the molecule is COc1ccc(OC)c(CCN(C)C2=NC(c3ccncc3)=CCN2C)c1. The van der Waals surface area contributed by atoms with E-state index in [2.05, 4.69) is 35.0 Å². The van der Waals surface area contributed by atoms with E-state index in [4.69, 9.17) is 14.5 Å². The molecule has 0 atom stereocenters. The predicted octanol–water partition coefficient (Wildman–Crippen LogP) is 2.92. The summed E-state index contributed by atoms with van der Waals surface area (Å²) in [6.45, 7) is 1.64. The number of rotatable bonds is 6. The lowest BCUT2D eigenvalue weighted by Crippen LogP contribution is -2.42. The van der Waals surface area contributed by atoms with Crippen molar-refractivity contribution in [1.82, 2.24) is 14.8 Å². The minimum Gasteiger partial charge on any atom is -0.497 e. The van der Waals surface area contributed by atoms with Gasteiger partial charge in [-0.1, -0.05) is 0 Å². The van der Waals surface area contributed by atoms with Crippen molar-refractivity contribution in [3.63, 3.8) is 0 Å². The number of nitrogens with zero attached hydrogens (tertiary/aromatic N) is 4. The number of guanidine groups is 1. The standard InChI is InChI=1S/C21H26N4O2/c1-24(13-9-17-15-18(26-3)5-6-20(17)27-4)21-23-19(10-14-25(21)2)16-7-11-22-12-8-16/h5-8,10-12,15H,9,13-14H2,1-4H3. The zero-order valence-corrected chi connectivity index (χ0v) is 16.3. The first kappa shape index (κ1) is 18.8. The molecule has 27 heavy (non-hydrogen) atoms. The molecule has 0 fully saturated rings. The monoisotopic (exact) mass is 366 g/mol. The van der Waals surface area contributed by atoms with Crippen LogP contribution in [0.1, 0.15) is 11.1 Å². The van der Waals surface area contributed by atoms with E-state index in [-0.39, 0.29) is 0 Å². The topological polar surface area (TPSA) is 50.2 Å². The quantitative estimate of drug-likeness (QED) is 0.787. The van der Waals surface area contributed by atoms with Crippen LogP contribution in [-0.4, -0.2) is 62.1 Å². The first-order valence-corrected chi connectivity index (χ1v) is 8.94. The van der Waals surface area contributed by atoms with Crippen LogP contribution in [-0.2, 0) is 6.42 Å². The highest BCUT2D eigenvalue weighted by Crippen LogP contribution is 2.25. The molecule has 3 rings (SSSR count). The maximum absolute atomic E-state index is 5.49. The Morgan fingerprint density at radius 3 is 2.59 bits per heavy atom. The van der Waals surface area contributed by atoms with Crippen molar-refractivity contribution < 1.29 is 9.47 Å². The van der Waals surface area contributed by atoms with Crippen LogP contribution in [0.4, 0.5) is 0 Å². The molecule has 0 spiro atoms. The van der Waals surface area contributed by atoms with Gasteiger partial charge in [0.1, 0.15) is 11.5 Å². The minimum absolute atomic E-state index is 0.816. The Balaban J connectivity index is 1.74. The Kier molecular flexibility index (Phi) is 5.96. The first-order chi connectivity index (χ1) is 13.1. The predicted molar refractivity (Wildman–Crippen MR) is 108 cm³/mol. The van der Waals surface area contributed by atoms with E-state index in [1.165, 1.54) is 0 Å². The second kappa shape index (κ2) is 8.58. The Bertz CT molecular complexity index is 833. The second-order valence-electron chi connectivity index (χ2n) is 6.47. The maximum atomic E-state index is 5.49. The molecule has 0 saturated heterocycles. The van der Waals surface area contributed by atoms with Crippen LogP contribution in [0, 0.1) is 0 Å². The van der Waals surface area contributed by atoms with E-state index in [1.54, 1.807) is 26.6 Å². The third-order valence-corrected chi connectivity index (χ3v) is 4.64. The van der Waals surface area contributed by atoms with Crippen LogP contribution in [0.15, 0.2) is 53.8 Å². The molecule has 0 saturated carbocycles. The van der Waals surface area contributed by atoms with Crippen LogP contribution in [0.25, 0.3) is 5.70 Å². The molecule has 0 unspecified atom stereocenters. The molecule has 0 N–H and O–H groups in total. The normalized spacial score (nSPS) is 13.7. The van der Waals surface area contributed by atoms with E-state index in [0.717, 1.165) is 53.8 Å². The average Bonchev–Trinajstić information content (AvgIpc) is 2.72. The number of methoxy groups -OCH3 is 2. The number of aliphatic imine (C=N–C) groups is 1. The molecule has 6 heteroatoms. The van der Waals surface area contributed by atoms with Crippen molar-refractivity contribution in [1.29, 1.82) is 0 Å². The lowest BCUT2D eigenvalue weighted by molar-refractivity contribution is 0.387. The Morgan fingerprint density at radius 1 is 1.11 bits per heavy atom. The number of ether oxygens (including phenoxy) is 2. The summed E-state index contributed by atoms with van der Waals surface area (Å²) in [6, 6.07) is 9.86. The fraction of sp³-hybridized carbons (Fsp3) is 0.333. The van der Waals surface area contributed by atoms with Gasteiger partial charge in [0.05, 0.1) is 19.9 Å². The van der Waals surface area contributed by atoms with Crippen LogP contribution in [0.2, 0.25) is 0 Å². The van der Waals surface area contributed by atoms with Gasteiger partial charge in [0, 0.05) is 45.1 Å². The molecule has 142 valence electrons. The third kappa shape index (κ3) is 4.39. The lowest BCUT2D eigenvalue weighted by Gasteiger charge is -2.31. The van der Waals surface area contributed by atoms with Gasteiger partial charge >= 0.3 is 0 Å². The highest BCUT2D eigenvalue weighted by Gasteiger charge is 2.18. The summed E-state index contributed by atoms with van der Waals surface area (Å²) >= 11 is 0. The van der Waals surface area contributed by atoms with E-state index in [0.29, 0.717) is 0 Å². The van der Waals surface area contributed by atoms with Gasteiger partial charge in [0.2, 0.25) is 5.96 Å². The van der Waals surface area contributed by atoms with E-state index in [1.807, 2.05) is 30.3 Å². The van der Waals surface area contributed by atoms with Gasteiger partial charge in [-0.05, 0) is 48.4 Å². The molecular weight excluding hydrogens is 340 g/mol. The molecule has 0 aliphatic carbocycles. The van der Waals surface area contributed by atoms with E-state index in [9.17, 15) is 0 Å². The molecule has 1 aliphatic rings. The van der Waals surface area contributed by atoms with Gasteiger partial charge in [-0.25, -0.2) is 4.99 Å². The van der Waals surface area contributed by atoms with Crippen molar-refractivity contribution >= 4 is 11.7 Å². The van der Waals surface area contributed by atoms with Crippen LogP contribution in [0.3, 0.4) is 0 Å². The maximum Gasteiger partial charge on any atom is 0.201 e. The zero-order chi connectivity index (χ0) is 19.2. The summed E-state index contributed by atoms with van der Waals surface area (Å²) in [7, 11) is 7.50. The molecular formula is C21H26N4O2. The van der Waals surface area contributed by atoms with Crippen LogP contribution >= 0.6 is 0 Å². The smallest absolute Gasteiger partial charge is 0.201 e. The number of likely N-dealkylation sites (N-methyl/N-ethyl adjacent to an activating group) is 2.